The van der Waals surface area contributed by atoms with Crippen LogP contribution in [0.15, 0.2) is 53.3 Å². The lowest BCUT2D eigenvalue weighted by Crippen LogP contribution is -2.08. The Balaban J connectivity index is 2.24. The smallest absolute Gasteiger partial charge is 0.189 e. The van der Waals surface area contributed by atoms with Crippen LogP contribution in [-0.2, 0) is 6.54 Å². The summed E-state index contributed by atoms with van der Waals surface area (Å²) in [6.07, 6.45) is 0. The third kappa shape index (κ3) is 2.10. The van der Waals surface area contributed by atoms with Crippen LogP contribution in [0.5, 0.6) is 0 Å². The molecule has 0 unspecified atom stereocenters. The Hall–Kier alpha value is -2.46. The van der Waals surface area contributed by atoms with Crippen LogP contribution in [0.2, 0.25) is 0 Å². The molecule has 2 aromatic carbocycles. The summed E-state index contributed by atoms with van der Waals surface area (Å²) in [5.41, 5.74) is 7.97. The van der Waals surface area contributed by atoms with Gasteiger partial charge in [0.2, 0.25) is 0 Å². The first-order chi connectivity index (χ1) is 9.69. The molecule has 0 bridgehead atoms. The Morgan fingerprint density at radius 2 is 1.90 bits per heavy atom. The monoisotopic (exact) mass is 268 g/mol. The van der Waals surface area contributed by atoms with Crippen LogP contribution >= 0.6 is 0 Å². The number of aromatic amines is 1. The summed E-state index contributed by atoms with van der Waals surface area (Å²) in [6.45, 7) is 0.278. The molecule has 0 aliphatic carbocycles. The lowest BCUT2D eigenvalue weighted by atomic mass is 10.0. The van der Waals surface area contributed by atoms with Crippen LogP contribution < -0.4 is 11.2 Å². The average Bonchev–Trinajstić information content (AvgIpc) is 2.47. The second kappa shape index (κ2) is 4.90. The van der Waals surface area contributed by atoms with E-state index < -0.39 is 0 Å². The Kier molecular flexibility index (Phi) is 3.08. The predicted molar refractivity (Wildman–Crippen MR) is 77.9 cm³/mol. The van der Waals surface area contributed by atoms with Gasteiger partial charge in [0.1, 0.15) is 5.82 Å². The van der Waals surface area contributed by atoms with Crippen LogP contribution in [0, 0.1) is 5.82 Å². The molecule has 3 rings (SSSR count). The highest BCUT2D eigenvalue weighted by Crippen LogP contribution is 2.24. The number of benzene rings is 2. The van der Waals surface area contributed by atoms with E-state index in [1.54, 1.807) is 36.4 Å². The largest absolute Gasteiger partial charge is 0.357 e. The van der Waals surface area contributed by atoms with Crippen molar-refractivity contribution in [3.05, 3.63) is 70.3 Å². The van der Waals surface area contributed by atoms with E-state index in [0.717, 1.165) is 0 Å². The molecule has 0 radical (unpaired) electrons. The normalized spacial score (nSPS) is 10.9. The van der Waals surface area contributed by atoms with E-state index in [-0.39, 0.29) is 17.8 Å². The Bertz CT molecular complexity index is 839. The minimum atomic E-state index is -0.304. The van der Waals surface area contributed by atoms with Crippen molar-refractivity contribution in [1.82, 2.24) is 4.98 Å². The minimum Gasteiger partial charge on any atom is -0.357 e. The molecule has 3 nitrogen and oxygen atoms in total. The SMILES string of the molecule is NCc1cc(=O)c2cc(-c3ccccc3F)ccc2[nH]1. The van der Waals surface area contributed by atoms with Gasteiger partial charge in [-0.2, -0.15) is 0 Å². The summed E-state index contributed by atoms with van der Waals surface area (Å²) in [7, 11) is 0. The van der Waals surface area contributed by atoms with Gasteiger partial charge in [-0.1, -0.05) is 24.3 Å². The van der Waals surface area contributed by atoms with Crippen molar-refractivity contribution in [2.75, 3.05) is 0 Å². The molecule has 0 aliphatic heterocycles. The lowest BCUT2D eigenvalue weighted by Gasteiger charge is -2.06. The van der Waals surface area contributed by atoms with Crippen molar-refractivity contribution in [1.29, 1.82) is 0 Å². The molecular weight excluding hydrogens is 255 g/mol. The van der Waals surface area contributed by atoms with Crippen LogP contribution in [0.4, 0.5) is 4.39 Å². The number of aromatic nitrogens is 1. The Morgan fingerprint density at radius 3 is 2.65 bits per heavy atom. The average molecular weight is 268 g/mol. The quantitative estimate of drug-likeness (QED) is 0.750. The minimum absolute atomic E-state index is 0.114. The van der Waals surface area contributed by atoms with Crippen molar-refractivity contribution < 1.29 is 4.39 Å². The Labute approximate surface area is 114 Å². The number of hydrogen-bond donors (Lipinski definition) is 2. The molecule has 0 amide bonds. The number of nitrogens with one attached hydrogen (secondary N) is 1. The summed E-state index contributed by atoms with van der Waals surface area (Å²) < 4.78 is 13.8. The maximum Gasteiger partial charge on any atom is 0.189 e. The van der Waals surface area contributed by atoms with E-state index in [1.807, 2.05) is 0 Å². The fourth-order valence-corrected chi connectivity index (χ4v) is 2.27. The molecule has 0 atom stereocenters. The van der Waals surface area contributed by atoms with Crippen LogP contribution in [0.3, 0.4) is 0 Å². The van der Waals surface area contributed by atoms with Gasteiger partial charge in [0.25, 0.3) is 0 Å². The molecular formula is C16H13FN2O. The van der Waals surface area contributed by atoms with E-state index >= 15 is 0 Å². The summed E-state index contributed by atoms with van der Waals surface area (Å²) in [4.78, 5) is 15.1. The standard InChI is InChI=1S/C16H13FN2O/c17-14-4-2-1-3-12(14)10-5-6-15-13(7-10)16(20)8-11(9-18)19-15/h1-8H,9,18H2,(H,19,20). The van der Waals surface area contributed by atoms with Crippen LogP contribution in [0.1, 0.15) is 5.69 Å². The Morgan fingerprint density at radius 1 is 1.10 bits per heavy atom. The van der Waals surface area contributed by atoms with Gasteiger partial charge in [0.05, 0.1) is 0 Å². The summed E-state index contributed by atoms with van der Waals surface area (Å²) >= 11 is 0. The predicted octanol–water partition coefficient (Wildman–Crippen LogP) is 2.79. The first kappa shape index (κ1) is 12.6. The van der Waals surface area contributed by atoms with Gasteiger partial charge >= 0.3 is 0 Å². The second-order valence-electron chi connectivity index (χ2n) is 4.60. The molecule has 20 heavy (non-hydrogen) atoms. The third-order valence-electron chi connectivity index (χ3n) is 3.29. The fourth-order valence-electron chi connectivity index (χ4n) is 2.27. The van der Waals surface area contributed by atoms with E-state index in [1.165, 1.54) is 12.1 Å². The molecule has 100 valence electrons. The molecule has 3 N–H and O–H groups in total. The third-order valence-corrected chi connectivity index (χ3v) is 3.29. The van der Waals surface area contributed by atoms with E-state index in [0.29, 0.717) is 27.7 Å². The topological polar surface area (TPSA) is 58.9 Å². The van der Waals surface area contributed by atoms with Crippen molar-refractivity contribution in [3.63, 3.8) is 0 Å². The van der Waals surface area contributed by atoms with Gasteiger partial charge < -0.3 is 10.7 Å². The van der Waals surface area contributed by atoms with Crippen molar-refractivity contribution >= 4 is 10.9 Å². The number of rotatable bonds is 2. The van der Waals surface area contributed by atoms with Crippen molar-refractivity contribution in [3.8, 4) is 11.1 Å². The molecule has 0 saturated heterocycles. The van der Waals surface area contributed by atoms with Gasteiger partial charge in [0, 0.05) is 34.8 Å². The zero-order valence-electron chi connectivity index (χ0n) is 10.7. The highest BCUT2D eigenvalue weighted by atomic mass is 19.1. The zero-order chi connectivity index (χ0) is 14.1. The van der Waals surface area contributed by atoms with Crippen LogP contribution in [0.25, 0.3) is 22.0 Å². The molecule has 0 fully saturated rings. The lowest BCUT2D eigenvalue weighted by molar-refractivity contribution is 0.631. The summed E-state index contributed by atoms with van der Waals surface area (Å²) in [5.74, 6) is -0.304. The van der Waals surface area contributed by atoms with E-state index in [9.17, 15) is 9.18 Å². The fraction of sp³-hybridized carbons (Fsp3) is 0.0625. The highest BCUT2D eigenvalue weighted by Gasteiger charge is 2.07. The molecule has 4 heteroatoms. The molecule has 3 aromatic rings. The summed E-state index contributed by atoms with van der Waals surface area (Å²) in [6, 6.07) is 13.2. The highest BCUT2D eigenvalue weighted by molar-refractivity contribution is 5.84. The second-order valence-corrected chi connectivity index (χ2v) is 4.60. The van der Waals surface area contributed by atoms with Gasteiger partial charge in [-0.15, -0.1) is 0 Å². The number of fused-ring (bicyclic) bond motifs is 1. The molecule has 0 saturated carbocycles. The number of halogens is 1. The van der Waals surface area contributed by atoms with E-state index in [2.05, 4.69) is 4.98 Å². The maximum atomic E-state index is 13.8. The van der Waals surface area contributed by atoms with Gasteiger partial charge in [0.15, 0.2) is 5.43 Å². The molecule has 0 aliphatic rings. The van der Waals surface area contributed by atoms with E-state index in [4.69, 9.17) is 5.73 Å². The van der Waals surface area contributed by atoms with Crippen LogP contribution in [-0.4, -0.2) is 4.98 Å². The van der Waals surface area contributed by atoms with Crippen molar-refractivity contribution in [2.45, 2.75) is 6.54 Å². The number of hydrogen-bond acceptors (Lipinski definition) is 2. The van der Waals surface area contributed by atoms with Gasteiger partial charge in [-0.3, -0.25) is 4.79 Å². The number of H-pyrrole nitrogens is 1. The maximum absolute atomic E-state index is 13.8. The first-order valence-electron chi connectivity index (χ1n) is 6.30. The number of pyridine rings is 1. The van der Waals surface area contributed by atoms with Gasteiger partial charge in [-0.05, 0) is 23.8 Å². The molecule has 0 spiro atoms. The molecule has 1 heterocycles. The summed E-state index contributed by atoms with van der Waals surface area (Å²) in [5, 5.41) is 0.531. The van der Waals surface area contributed by atoms with Crippen molar-refractivity contribution in [2.24, 2.45) is 5.73 Å². The first-order valence-corrected chi connectivity index (χ1v) is 6.30. The molecule has 1 aromatic heterocycles. The zero-order valence-corrected chi connectivity index (χ0v) is 10.7. The number of nitrogens with two attached hydrogens (primary N) is 1. The van der Waals surface area contributed by atoms with Gasteiger partial charge in [-0.25, -0.2) is 4.39 Å².